The molecule has 2 saturated heterocycles. The van der Waals surface area contributed by atoms with Crippen molar-refractivity contribution in [2.45, 2.75) is 11.9 Å². The van der Waals surface area contributed by atoms with E-state index in [1.807, 2.05) is 0 Å². The van der Waals surface area contributed by atoms with Crippen LogP contribution in [0, 0.1) is 0 Å². The van der Waals surface area contributed by atoms with Gasteiger partial charge in [0, 0.05) is 0 Å². The fourth-order valence-corrected chi connectivity index (χ4v) is 1.45. The average Bonchev–Trinajstić information content (AvgIpc) is 2.29. The van der Waals surface area contributed by atoms with Gasteiger partial charge in [0.1, 0.15) is 12.7 Å². The molecule has 2 atom stereocenters. The van der Waals surface area contributed by atoms with Gasteiger partial charge in [-0.05, 0) is 0 Å². The molecule has 0 aliphatic carbocycles. The topological polar surface area (TPSA) is 27.7 Å². The van der Waals surface area contributed by atoms with E-state index in [2.05, 4.69) is 0 Å². The molecule has 4 heteroatoms. The van der Waals surface area contributed by atoms with Crippen molar-refractivity contribution in [3.8, 4) is 0 Å². The Morgan fingerprint density at radius 1 is 1.50 bits per heavy atom. The number of rotatable bonds is 1. The zero-order valence-electron chi connectivity index (χ0n) is 5.51. The van der Waals surface area contributed by atoms with Crippen molar-refractivity contribution in [3.05, 3.63) is 0 Å². The standard InChI is InChI=1S/C6H9ClO3/c7-3-6-4-8-1-5(10-6)2-9-6/h5H,1-4H2. The molecule has 0 radical (unpaired) electrons. The monoisotopic (exact) mass is 164 g/mol. The van der Waals surface area contributed by atoms with E-state index in [1.165, 1.54) is 0 Å². The third kappa shape index (κ3) is 0.937. The molecule has 2 aliphatic heterocycles. The van der Waals surface area contributed by atoms with Gasteiger partial charge >= 0.3 is 0 Å². The lowest BCUT2D eigenvalue weighted by Crippen LogP contribution is -2.43. The quantitative estimate of drug-likeness (QED) is 0.524. The van der Waals surface area contributed by atoms with Crippen LogP contribution in [0.4, 0.5) is 0 Å². The summed E-state index contributed by atoms with van der Waals surface area (Å²) >= 11 is 5.63. The molecule has 0 N–H and O–H groups in total. The molecular weight excluding hydrogens is 156 g/mol. The van der Waals surface area contributed by atoms with Gasteiger partial charge < -0.3 is 14.2 Å². The van der Waals surface area contributed by atoms with E-state index in [0.717, 1.165) is 0 Å². The SMILES string of the molecule is ClCC12COCC(CO1)O2. The van der Waals surface area contributed by atoms with Crippen molar-refractivity contribution in [2.75, 3.05) is 25.7 Å². The minimum Gasteiger partial charge on any atom is -0.373 e. The maximum atomic E-state index is 5.63. The first-order chi connectivity index (χ1) is 4.85. The molecule has 10 heavy (non-hydrogen) atoms. The van der Waals surface area contributed by atoms with Gasteiger partial charge in [-0.25, -0.2) is 0 Å². The summed E-state index contributed by atoms with van der Waals surface area (Å²) in [6.45, 7) is 1.72. The van der Waals surface area contributed by atoms with E-state index in [9.17, 15) is 0 Å². The highest BCUT2D eigenvalue weighted by Crippen LogP contribution is 2.29. The highest BCUT2D eigenvalue weighted by Gasteiger charge is 2.44. The van der Waals surface area contributed by atoms with Crippen molar-refractivity contribution >= 4 is 11.6 Å². The molecule has 2 heterocycles. The van der Waals surface area contributed by atoms with Gasteiger partial charge in [-0.3, -0.25) is 0 Å². The van der Waals surface area contributed by atoms with Crippen LogP contribution in [0.25, 0.3) is 0 Å². The van der Waals surface area contributed by atoms with E-state index < -0.39 is 5.79 Å². The van der Waals surface area contributed by atoms with E-state index >= 15 is 0 Å². The molecule has 2 fully saturated rings. The Morgan fingerprint density at radius 3 is 3.10 bits per heavy atom. The third-order valence-corrected chi connectivity index (χ3v) is 2.15. The molecule has 2 bridgehead atoms. The number of hydrogen-bond acceptors (Lipinski definition) is 3. The Hall–Kier alpha value is 0.170. The maximum Gasteiger partial charge on any atom is 0.206 e. The van der Waals surface area contributed by atoms with Crippen LogP contribution in [0.3, 0.4) is 0 Å². The van der Waals surface area contributed by atoms with Crippen LogP contribution < -0.4 is 0 Å². The fourth-order valence-electron chi connectivity index (χ4n) is 1.23. The number of ether oxygens (including phenoxy) is 3. The van der Waals surface area contributed by atoms with E-state index in [-0.39, 0.29) is 6.10 Å². The van der Waals surface area contributed by atoms with Crippen LogP contribution in [0.15, 0.2) is 0 Å². The molecule has 0 saturated carbocycles. The first-order valence-corrected chi connectivity index (χ1v) is 3.84. The second kappa shape index (κ2) is 2.34. The molecule has 2 unspecified atom stereocenters. The molecule has 2 rings (SSSR count). The minimum atomic E-state index is -0.621. The van der Waals surface area contributed by atoms with E-state index in [1.54, 1.807) is 0 Å². The van der Waals surface area contributed by atoms with Crippen molar-refractivity contribution in [1.29, 1.82) is 0 Å². The van der Waals surface area contributed by atoms with Gasteiger partial charge in [0.2, 0.25) is 5.79 Å². The predicted molar refractivity (Wildman–Crippen MR) is 35.1 cm³/mol. The summed E-state index contributed by atoms with van der Waals surface area (Å²) in [5.74, 6) is -0.270. The van der Waals surface area contributed by atoms with Gasteiger partial charge in [-0.2, -0.15) is 0 Å². The zero-order chi connectivity index (χ0) is 7.03. The summed E-state index contributed by atoms with van der Waals surface area (Å²) in [5, 5.41) is 0. The Morgan fingerprint density at radius 2 is 2.40 bits per heavy atom. The lowest BCUT2D eigenvalue weighted by atomic mass is 10.3. The van der Waals surface area contributed by atoms with Crippen LogP contribution in [0.5, 0.6) is 0 Å². The molecule has 0 spiro atoms. The summed E-state index contributed by atoms with van der Waals surface area (Å²) < 4.78 is 16.0. The zero-order valence-corrected chi connectivity index (χ0v) is 6.26. The summed E-state index contributed by atoms with van der Waals surface area (Å²) in [6.07, 6.45) is 0.104. The number of halogens is 1. The second-order valence-electron chi connectivity index (χ2n) is 2.61. The van der Waals surface area contributed by atoms with Gasteiger partial charge in [0.05, 0.1) is 19.1 Å². The van der Waals surface area contributed by atoms with Crippen molar-refractivity contribution in [1.82, 2.24) is 0 Å². The van der Waals surface area contributed by atoms with Crippen LogP contribution in [-0.4, -0.2) is 37.6 Å². The smallest absolute Gasteiger partial charge is 0.206 e. The molecular formula is C6H9ClO3. The molecule has 0 aromatic carbocycles. The molecule has 0 aromatic heterocycles. The second-order valence-corrected chi connectivity index (χ2v) is 2.88. The highest BCUT2D eigenvalue weighted by atomic mass is 35.5. The highest BCUT2D eigenvalue weighted by molar-refractivity contribution is 6.18. The average molecular weight is 165 g/mol. The van der Waals surface area contributed by atoms with Crippen molar-refractivity contribution in [2.24, 2.45) is 0 Å². The van der Waals surface area contributed by atoms with Gasteiger partial charge in [0.25, 0.3) is 0 Å². The number of alkyl halides is 1. The summed E-state index contributed by atoms with van der Waals surface area (Å²) in [4.78, 5) is 0. The predicted octanol–water partition coefficient (Wildman–Crippen LogP) is 0.367. The maximum absolute atomic E-state index is 5.63. The molecule has 0 aromatic rings. The van der Waals surface area contributed by atoms with Crippen molar-refractivity contribution < 1.29 is 14.2 Å². The van der Waals surface area contributed by atoms with Gasteiger partial charge in [0.15, 0.2) is 0 Å². The summed E-state index contributed by atoms with van der Waals surface area (Å²) in [6, 6.07) is 0. The molecule has 3 nitrogen and oxygen atoms in total. The first kappa shape index (κ1) is 6.85. The largest absolute Gasteiger partial charge is 0.373 e. The lowest BCUT2D eigenvalue weighted by Gasteiger charge is -2.29. The molecule has 58 valence electrons. The fraction of sp³-hybridized carbons (Fsp3) is 1.00. The van der Waals surface area contributed by atoms with Crippen LogP contribution >= 0.6 is 11.6 Å². The van der Waals surface area contributed by atoms with Crippen LogP contribution in [-0.2, 0) is 14.2 Å². The van der Waals surface area contributed by atoms with E-state index in [0.29, 0.717) is 25.7 Å². The lowest BCUT2D eigenvalue weighted by molar-refractivity contribution is -0.222. The number of fused-ring (bicyclic) bond motifs is 2. The Kier molecular flexibility index (Phi) is 1.60. The van der Waals surface area contributed by atoms with Crippen molar-refractivity contribution in [3.63, 3.8) is 0 Å². The Labute approximate surface area is 64.2 Å². The molecule has 0 amide bonds. The van der Waals surface area contributed by atoms with Crippen LogP contribution in [0.2, 0.25) is 0 Å². The number of hydrogen-bond donors (Lipinski definition) is 0. The summed E-state index contributed by atoms with van der Waals surface area (Å²) in [5.41, 5.74) is 0. The normalized spacial score (nSPS) is 45.9. The third-order valence-electron chi connectivity index (χ3n) is 1.74. The van der Waals surface area contributed by atoms with Crippen LogP contribution in [0.1, 0.15) is 0 Å². The van der Waals surface area contributed by atoms with Gasteiger partial charge in [-0.15, -0.1) is 11.6 Å². The molecule has 2 aliphatic rings. The van der Waals surface area contributed by atoms with Gasteiger partial charge in [-0.1, -0.05) is 0 Å². The minimum absolute atomic E-state index is 0.104. The Balaban J connectivity index is 2.10. The first-order valence-electron chi connectivity index (χ1n) is 3.30. The summed E-state index contributed by atoms with van der Waals surface area (Å²) in [7, 11) is 0. The van der Waals surface area contributed by atoms with E-state index in [4.69, 9.17) is 25.8 Å². The Bertz CT molecular complexity index is 137.